The maximum absolute atomic E-state index is 10.8. The van der Waals surface area contributed by atoms with E-state index in [-0.39, 0.29) is 0 Å². The third-order valence-electron chi connectivity index (χ3n) is 2.91. The van der Waals surface area contributed by atoms with Gasteiger partial charge >= 0.3 is 5.97 Å². The molecule has 0 aliphatic heterocycles. The van der Waals surface area contributed by atoms with E-state index < -0.39 is 11.5 Å². The van der Waals surface area contributed by atoms with Crippen LogP contribution in [0.1, 0.15) is 26.2 Å². The van der Waals surface area contributed by atoms with Crippen molar-refractivity contribution < 1.29 is 14.6 Å². The van der Waals surface area contributed by atoms with Crippen LogP contribution in [0.25, 0.3) is 0 Å². The number of ether oxygens (including phenoxy) is 1. The van der Waals surface area contributed by atoms with Crippen LogP contribution in [0.15, 0.2) is 29.2 Å². The van der Waals surface area contributed by atoms with Crippen molar-refractivity contribution in [2.45, 2.75) is 36.6 Å². The molecule has 5 heteroatoms. The van der Waals surface area contributed by atoms with Crippen LogP contribution >= 0.6 is 11.8 Å². The number of carboxylic acids is 1. The number of methoxy groups -OCH3 is 1. The zero-order chi connectivity index (χ0) is 14.3. The summed E-state index contributed by atoms with van der Waals surface area (Å²) in [6, 6.07) is 7.87. The van der Waals surface area contributed by atoms with Gasteiger partial charge in [0, 0.05) is 4.90 Å². The number of carbonyl (C=O) groups is 1. The van der Waals surface area contributed by atoms with E-state index in [1.54, 1.807) is 25.8 Å². The number of benzene rings is 1. The summed E-state index contributed by atoms with van der Waals surface area (Å²) in [6.07, 6.45) is 2.24. The number of thioether (sulfide) groups is 1. The first-order valence-corrected chi connectivity index (χ1v) is 7.24. The Balaban J connectivity index is 2.30. The molecule has 0 amide bonds. The minimum atomic E-state index is -1.12. The van der Waals surface area contributed by atoms with E-state index in [0.717, 1.165) is 29.2 Å². The second kappa shape index (κ2) is 7.40. The summed E-state index contributed by atoms with van der Waals surface area (Å²) in [7, 11) is 1.66. The van der Waals surface area contributed by atoms with Crippen LogP contribution in [0.2, 0.25) is 0 Å². The molecule has 106 valence electrons. The van der Waals surface area contributed by atoms with E-state index in [1.807, 2.05) is 24.3 Å². The van der Waals surface area contributed by atoms with Crippen molar-refractivity contribution >= 4 is 17.7 Å². The van der Waals surface area contributed by atoms with Gasteiger partial charge in [0.15, 0.2) is 0 Å². The SMILES string of the molecule is COc1ccccc1SCCCCC(C)(N)C(=O)O. The molecule has 0 aliphatic carbocycles. The number of hydrogen-bond donors (Lipinski definition) is 2. The lowest BCUT2D eigenvalue weighted by molar-refractivity contribution is -0.142. The monoisotopic (exact) mass is 283 g/mol. The number of nitrogens with two attached hydrogens (primary N) is 1. The summed E-state index contributed by atoms with van der Waals surface area (Å²) in [6.45, 7) is 1.56. The van der Waals surface area contributed by atoms with Crippen molar-refractivity contribution in [3.63, 3.8) is 0 Å². The first-order chi connectivity index (χ1) is 8.97. The molecule has 1 atom stereocenters. The van der Waals surface area contributed by atoms with Gasteiger partial charge in [-0.15, -0.1) is 11.8 Å². The first-order valence-electron chi connectivity index (χ1n) is 6.25. The van der Waals surface area contributed by atoms with Gasteiger partial charge in [0.25, 0.3) is 0 Å². The van der Waals surface area contributed by atoms with Crippen LogP contribution < -0.4 is 10.5 Å². The van der Waals surface area contributed by atoms with E-state index in [0.29, 0.717) is 6.42 Å². The second-order valence-electron chi connectivity index (χ2n) is 4.68. The molecule has 0 bridgehead atoms. The van der Waals surface area contributed by atoms with Gasteiger partial charge in [-0.2, -0.15) is 0 Å². The molecular formula is C14H21NO3S. The highest BCUT2D eigenvalue weighted by molar-refractivity contribution is 7.99. The number of rotatable bonds is 8. The predicted molar refractivity (Wildman–Crippen MR) is 77.8 cm³/mol. The molecule has 0 fully saturated rings. The van der Waals surface area contributed by atoms with Gasteiger partial charge in [-0.25, -0.2) is 0 Å². The Kier molecular flexibility index (Phi) is 6.18. The van der Waals surface area contributed by atoms with Crippen LogP contribution in [0.3, 0.4) is 0 Å². The average molecular weight is 283 g/mol. The number of unbranched alkanes of at least 4 members (excludes halogenated alkanes) is 1. The molecular weight excluding hydrogens is 262 g/mol. The Labute approximate surface area is 118 Å². The molecule has 3 N–H and O–H groups in total. The average Bonchev–Trinajstić information content (AvgIpc) is 2.38. The van der Waals surface area contributed by atoms with E-state index in [1.165, 1.54) is 0 Å². The fourth-order valence-electron chi connectivity index (χ4n) is 1.62. The number of aliphatic carboxylic acids is 1. The third kappa shape index (κ3) is 5.12. The quantitative estimate of drug-likeness (QED) is 0.567. The number of carboxylic acid groups (broad SMARTS) is 1. The zero-order valence-corrected chi connectivity index (χ0v) is 12.2. The highest BCUT2D eigenvalue weighted by Crippen LogP contribution is 2.29. The third-order valence-corrected chi connectivity index (χ3v) is 4.05. The first kappa shape index (κ1) is 15.9. The summed E-state index contributed by atoms with van der Waals surface area (Å²) in [5, 5.41) is 8.90. The van der Waals surface area contributed by atoms with Crippen LogP contribution in [-0.4, -0.2) is 29.5 Å². The summed E-state index contributed by atoms with van der Waals surface area (Å²) in [5.41, 5.74) is 4.56. The molecule has 0 spiro atoms. The van der Waals surface area contributed by atoms with Crippen molar-refractivity contribution in [1.82, 2.24) is 0 Å². The lowest BCUT2D eigenvalue weighted by atomic mass is 9.97. The van der Waals surface area contributed by atoms with Crippen molar-refractivity contribution in [3.05, 3.63) is 24.3 Å². The molecule has 1 aromatic carbocycles. The highest BCUT2D eigenvalue weighted by atomic mass is 32.2. The Morgan fingerprint density at radius 3 is 2.74 bits per heavy atom. The predicted octanol–water partition coefficient (Wildman–Crippen LogP) is 2.76. The molecule has 0 saturated heterocycles. The van der Waals surface area contributed by atoms with Gasteiger partial charge in [0.05, 0.1) is 7.11 Å². The lowest BCUT2D eigenvalue weighted by Gasteiger charge is -2.18. The van der Waals surface area contributed by atoms with Gasteiger partial charge in [0.1, 0.15) is 11.3 Å². The van der Waals surface area contributed by atoms with Crippen molar-refractivity contribution in [2.75, 3.05) is 12.9 Å². The Hall–Kier alpha value is -1.20. The molecule has 1 unspecified atom stereocenters. The molecule has 0 radical (unpaired) electrons. The van der Waals surface area contributed by atoms with Crippen LogP contribution in [0.4, 0.5) is 0 Å². The molecule has 1 aromatic rings. The fraction of sp³-hybridized carbons (Fsp3) is 0.500. The van der Waals surface area contributed by atoms with E-state index in [9.17, 15) is 4.79 Å². The smallest absolute Gasteiger partial charge is 0.323 e. The van der Waals surface area contributed by atoms with Crippen molar-refractivity contribution in [3.8, 4) is 5.75 Å². The molecule has 4 nitrogen and oxygen atoms in total. The largest absolute Gasteiger partial charge is 0.496 e. The summed E-state index contributed by atoms with van der Waals surface area (Å²) in [5.74, 6) is 0.863. The normalized spacial score (nSPS) is 13.8. The van der Waals surface area contributed by atoms with Gasteiger partial charge < -0.3 is 15.6 Å². The molecule has 0 aromatic heterocycles. The van der Waals surface area contributed by atoms with Crippen LogP contribution in [0, 0.1) is 0 Å². The highest BCUT2D eigenvalue weighted by Gasteiger charge is 2.26. The fourth-order valence-corrected chi connectivity index (χ4v) is 2.66. The van der Waals surface area contributed by atoms with Gasteiger partial charge in [0.2, 0.25) is 0 Å². The molecule has 19 heavy (non-hydrogen) atoms. The summed E-state index contributed by atoms with van der Waals surface area (Å²) < 4.78 is 5.27. The van der Waals surface area contributed by atoms with Gasteiger partial charge in [-0.1, -0.05) is 18.6 Å². The van der Waals surface area contributed by atoms with E-state index >= 15 is 0 Å². The Morgan fingerprint density at radius 2 is 2.11 bits per heavy atom. The zero-order valence-electron chi connectivity index (χ0n) is 11.4. The Morgan fingerprint density at radius 1 is 1.42 bits per heavy atom. The lowest BCUT2D eigenvalue weighted by Crippen LogP contribution is -2.44. The maximum atomic E-state index is 10.8. The minimum absolute atomic E-state index is 0.495. The Bertz CT molecular complexity index is 421. The standard InChI is InChI=1S/C14H21NO3S/c1-14(15,13(16)17)9-5-6-10-19-12-8-4-3-7-11(12)18-2/h3-4,7-8H,5-6,9-10,15H2,1-2H3,(H,16,17). The van der Waals surface area contributed by atoms with Crippen molar-refractivity contribution in [2.24, 2.45) is 5.73 Å². The topological polar surface area (TPSA) is 72.5 Å². The molecule has 0 aliphatic rings. The van der Waals surface area contributed by atoms with Crippen LogP contribution in [-0.2, 0) is 4.79 Å². The summed E-state index contributed by atoms with van der Waals surface area (Å²) >= 11 is 1.72. The second-order valence-corrected chi connectivity index (χ2v) is 5.82. The van der Waals surface area contributed by atoms with Crippen molar-refractivity contribution in [1.29, 1.82) is 0 Å². The molecule has 1 rings (SSSR count). The minimum Gasteiger partial charge on any atom is -0.496 e. The van der Waals surface area contributed by atoms with Crippen LogP contribution in [0.5, 0.6) is 5.75 Å². The van der Waals surface area contributed by atoms with E-state index in [4.69, 9.17) is 15.6 Å². The van der Waals surface area contributed by atoms with Gasteiger partial charge in [-0.3, -0.25) is 4.79 Å². The van der Waals surface area contributed by atoms with E-state index in [2.05, 4.69) is 0 Å². The van der Waals surface area contributed by atoms with Gasteiger partial charge in [-0.05, 0) is 37.7 Å². The number of hydrogen-bond acceptors (Lipinski definition) is 4. The molecule has 0 saturated carbocycles. The molecule has 0 heterocycles. The summed E-state index contributed by atoms with van der Waals surface area (Å²) in [4.78, 5) is 12.0. The maximum Gasteiger partial charge on any atom is 0.323 e. The number of para-hydroxylation sites is 1.